The second kappa shape index (κ2) is 4.74. The third kappa shape index (κ3) is 2.92. The van der Waals surface area contributed by atoms with Gasteiger partial charge in [0.05, 0.1) is 11.2 Å². The maximum absolute atomic E-state index is 12.3. The Kier molecular flexibility index (Phi) is 3.66. The Morgan fingerprint density at radius 2 is 2.29 bits per heavy atom. The summed E-state index contributed by atoms with van der Waals surface area (Å²) in [5.74, 6) is -0.0605. The van der Waals surface area contributed by atoms with E-state index in [1.165, 1.54) is 0 Å². The van der Waals surface area contributed by atoms with Crippen LogP contribution < -0.4 is 0 Å². The standard InChI is InChI=1S/C12H13ClINO2/c1-12(17)4-5-15(7-12)11(16)9-6-8(13)2-3-10(9)14/h2-3,6,17H,4-5,7H2,1H3. The summed E-state index contributed by atoms with van der Waals surface area (Å²) >= 11 is 8.02. The van der Waals surface area contributed by atoms with Gasteiger partial charge in [-0.1, -0.05) is 11.6 Å². The Balaban J connectivity index is 2.23. The first-order valence-electron chi connectivity index (χ1n) is 5.36. The first-order chi connectivity index (χ1) is 7.89. The van der Waals surface area contributed by atoms with Crippen LogP contribution in [0.4, 0.5) is 0 Å². The molecule has 1 amide bonds. The van der Waals surface area contributed by atoms with E-state index in [1.54, 1.807) is 24.0 Å². The number of benzene rings is 1. The number of carbonyl (C=O) groups is 1. The van der Waals surface area contributed by atoms with Crippen LogP contribution in [-0.4, -0.2) is 34.6 Å². The number of rotatable bonds is 1. The van der Waals surface area contributed by atoms with Crippen LogP contribution in [-0.2, 0) is 0 Å². The van der Waals surface area contributed by atoms with Crippen molar-refractivity contribution in [3.63, 3.8) is 0 Å². The molecular weight excluding hydrogens is 352 g/mol. The van der Waals surface area contributed by atoms with Crippen LogP contribution in [0.15, 0.2) is 18.2 Å². The molecule has 0 aliphatic carbocycles. The van der Waals surface area contributed by atoms with Crippen molar-refractivity contribution in [2.24, 2.45) is 0 Å². The molecule has 1 saturated heterocycles. The highest BCUT2D eigenvalue weighted by molar-refractivity contribution is 14.1. The van der Waals surface area contributed by atoms with Gasteiger partial charge in [-0.2, -0.15) is 0 Å². The van der Waals surface area contributed by atoms with Crippen molar-refractivity contribution in [2.75, 3.05) is 13.1 Å². The minimum Gasteiger partial charge on any atom is -0.388 e. The smallest absolute Gasteiger partial charge is 0.255 e. The molecule has 3 nitrogen and oxygen atoms in total. The highest BCUT2D eigenvalue weighted by Crippen LogP contribution is 2.25. The van der Waals surface area contributed by atoms with E-state index in [0.29, 0.717) is 30.1 Å². The van der Waals surface area contributed by atoms with Crippen molar-refractivity contribution in [3.05, 3.63) is 32.4 Å². The minimum absolute atomic E-state index is 0.0605. The zero-order valence-electron chi connectivity index (χ0n) is 9.41. The Bertz CT molecular complexity index is 462. The van der Waals surface area contributed by atoms with Crippen LogP contribution in [0, 0.1) is 3.57 Å². The van der Waals surface area contributed by atoms with Gasteiger partial charge in [0, 0.05) is 21.7 Å². The molecule has 0 spiro atoms. The van der Waals surface area contributed by atoms with E-state index in [9.17, 15) is 9.90 Å². The lowest BCUT2D eigenvalue weighted by Crippen LogP contribution is -2.34. The van der Waals surface area contributed by atoms with E-state index in [2.05, 4.69) is 22.6 Å². The summed E-state index contributed by atoms with van der Waals surface area (Å²) in [7, 11) is 0. The SMILES string of the molecule is CC1(O)CCN(C(=O)c2cc(Cl)ccc2I)C1. The number of β-amino-alcohol motifs (C(OH)–C–C–N with tert-alkyl or cyclic N) is 1. The number of halogens is 2. The summed E-state index contributed by atoms with van der Waals surface area (Å²) < 4.78 is 0.878. The molecule has 0 radical (unpaired) electrons. The van der Waals surface area contributed by atoms with Crippen molar-refractivity contribution in [1.29, 1.82) is 0 Å². The number of amides is 1. The summed E-state index contributed by atoms with van der Waals surface area (Å²) in [4.78, 5) is 13.9. The molecule has 5 heteroatoms. The maximum Gasteiger partial charge on any atom is 0.255 e. The van der Waals surface area contributed by atoms with Crippen molar-refractivity contribution in [2.45, 2.75) is 18.9 Å². The quantitative estimate of drug-likeness (QED) is 0.777. The number of likely N-dealkylation sites (tertiary alicyclic amines) is 1. The number of hydrogen-bond acceptors (Lipinski definition) is 2. The predicted octanol–water partition coefficient (Wildman–Crippen LogP) is 2.54. The van der Waals surface area contributed by atoms with Crippen LogP contribution >= 0.6 is 34.2 Å². The Morgan fingerprint density at radius 3 is 2.88 bits per heavy atom. The van der Waals surface area contributed by atoms with Crippen molar-refractivity contribution >= 4 is 40.1 Å². The molecule has 1 N–H and O–H groups in total. The van der Waals surface area contributed by atoms with Gasteiger partial charge in [0.1, 0.15) is 0 Å². The molecule has 1 unspecified atom stereocenters. The molecule has 92 valence electrons. The van der Waals surface area contributed by atoms with Gasteiger partial charge in [0.15, 0.2) is 0 Å². The maximum atomic E-state index is 12.3. The molecular formula is C12H13ClINO2. The fourth-order valence-corrected chi connectivity index (χ4v) is 2.69. The van der Waals surface area contributed by atoms with Crippen LogP contribution in [0.2, 0.25) is 5.02 Å². The van der Waals surface area contributed by atoms with Gasteiger partial charge in [-0.25, -0.2) is 0 Å². The Hall–Kier alpha value is -0.330. The minimum atomic E-state index is -0.764. The molecule has 0 saturated carbocycles. The molecule has 0 bridgehead atoms. The summed E-state index contributed by atoms with van der Waals surface area (Å²) in [5, 5.41) is 10.4. The normalized spacial score (nSPS) is 24.1. The van der Waals surface area contributed by atoms with Gasteiger partial charge in [-0.15, -0.1) is 0 Å². The van der Waals surface area contributed by atoms with E-state index >= 15 is 0 Å². The van der Waals surface area contributed by atoms with E-state index in [4.69, 9.17) is 11.6 Å². The first kappa shape index (κ1) is 13.1. The van der Waals surface area contributed by atoms with E-state index in [-0.39, 0.29) is 5.91 Å². The highest BCUT2D eigenvalue weighted by Gasteiger charge is 2.34. The van der Waals surface area contributed by atoms with Crippen LogP contribution in [0.3, 0.4) is 0 Å². The van der Waals surface area contributed by atoms with Crippen molar-refractivity contribution < 1.29 is 9.90 Å². The molecule has 1 aromatic carbocycles. The van der Waals surface area contributed by atoms with Crippen molar-refractivity contribution in [1.82, 2.24) is 4.90 Å². The van der Waals surface area contributed by atoms with Crippen LogP contribution in [0.25, 0.3) is 0 Å². The fraction of sp³-hybridized carbons (Fsp3) is 0.417. The number of hydrogen-bond donors (Lipinski definition) is 1. The lowest BCUT2D eigenvalue weighted by molar-refractivity contribution is 0.0571. The van der Waals surface area contributed by atoms with Gasteiger partial charge < -0.3 is 10.0 Å². The Labute approximate surface area is 119 Å². The van der Waals surface area contributed by atoms with E-state index in [1.807, 2.05) is 6.07 Å². The number of aliphatic hydroxyl groups is 1. The van der Waals surface area contributed by atoms with Gasteiger partial charge in [-0.05, 0) is 54.1 Å². The third-order valence-electron chi connectivity index (χ3n) is 2.90. The first-order valence-corrected chi connectivity index (χ1v) is 6.81. The van der Waals surface area contributed by atoms with Gasteiger partial charge in [-0.3, -0.25) is 4.79 Å². The van der Waals surface area contributed by atoms with Gasteiger partial charge in [0.2, 0.25) is 0 Å². The number of carbonyl (C=O) groups excluding carboxylic acids is 1. The fourth-order valence-electron chi connectivity index (χ4n) is 1.95. The summed E-state index contributed by atoms with van der Waals surface area (Å²) in [6.45, 7) is 2.73. The van der Waals surface area contributed by atoms with Gasteiger partial charge in [0.25, 0.3) is 5.91 Å². The van der Waals surface area contributed by atoms with E-state index < -0.39 is 5.60 Å². The average molecular weight is 366 g/mol. The van der Waals surface area contributed by atoms with E-state index in [0.717, 1.165) is 3.57 Å². The lowest BCUT2D eigenvalue weighted by atomic mass is 10.1. The summed E-state index contributed by atoms with van der Waals surface area (Å²) in [5.41, 5.74) is -0.157. The summed E-state index contributed by atoms with van der Waals surface area (Å²) in [6, 6.07) is 5.27. The zero-order valence-corrected chi connectivity index (χ0v) is 12.3. The lowest BCUT2D eigenvalue weighted by Gasteiger charge is -2.19. The largest absolute Gasteiger partial charge is 0.388 e. The second-order valence-electron chi connectivity index (χ2n) is 4.60. The van der Waals surface area contributed by atoms with Crippen molar-refractivity contribution in [3.8, 4) is 0 Å². The third-order valence-corrected chi connectivity index (χ3v) is 4.07. The molecule has 1 aliphatic heterocycles. The monoisotopic (exact) mass is 365 g/mol. The molecule has 1 fully saturated rings. The molecule has 17 heavy (non-hydrogen) atoms. The highest BCUT2D eigenvalue weighted by atomic mass is 127. The second-order valence-corrected chi connectivity index (χ2v) is 6.20. The van der Waals surface area contributed by atoms with Crippen LogP contribution in [0.5, 0.6) is 0 Å². The van der Waals surface area contributed by atoms with Crippen LogP contribution in [0.1, 0.15) is 23.7 Å². The number of nitrogens with zero attached hydrogens (tertiary/aromatic N) is 1. The van der Waals surface area contributed by atoms with Gasteiger partial charge >= 0.3 is 0 Å². The molecule has 2 rings (SSSR count). The Morgan fingerprint density at radius 1 is 1.59 bits per heavy atom. The zero-order chi connectivity index (χ0) is 12.6. The average Bonchev–Trinajstić information content (AvgIpc) is 2.61. The molecule has 1 atom stereocenters. The molecule has 1 aliphatic rings. The molecule has 1 aromatic rings. The predicted molar refractivity (Wildman–Crippen MR) is 75.3 cm³/mol. The molecule has 1 heterocycles. The topological polar surface area (TPSA) is 40.5 Å². The molecule has 0 aromatic heterocycles. The summed E-state index contributed by atoms with van der Waals surface area (Å²) in [6.07, 6.45) is 0.621.